The van der Waals surface area contributed by atoms with E-state index in [1.54, 1.807) is 0 Å². The van der Waals surface area contributed by atoms with E-state index in [-0.39, 0.29) is 18.0 Å². The standard InChI is InChI=1S/C20H25NO2/c1-16(15-21-2)20(18-11-7-4-8-12-18)23-19(22)14-13-17-9-5-3-6-10-17/h3-12,16,20-21H,13-15H2,1-2H3/t16?,20-/m1/s1. The van der Waals surface area contributed by atoms with Crippen LogP contribution in [0.2, 0.25) is 0 Å². The Labute approximate surface area is 138 Å². The molecule has 122 valence electrons. The minimum absolute atomic E-state index is 0.148. The van der Waals surface area contributed by atoms with Gasteiger partial charge in [0.05, 0.1) is 0 Å². The summed E-state index contributed by atoms with van der Waals surface area (Å²) in [5, 5.41) is 3.16. The van der Waals surface area contributed by atoms with Gasteiger partial charge in [0, 0.05) is 18.9 Å². The van der Waals surface area contributed by atoms with Crippen molar-refractivity contribution in [2.24, 2.45) is 5.92 Å². The molecule has 2 aromatic carbocycles. The van der Waals surface area contributed by atoms with Crippen LogP contribution in [0.25, 0.3) is 0 Å². The summed E-state index contributed by atoms with van der Waals surface area (Å²) in [5.74, 6) is 0.0636. The number of benzene rings is 2. The molecule has 0 aliphatic heterocycles. The summed E-state index contributed by atoms with van der Waals surface area (Å²) in [4.78, 5) is 12.3. The number of esters is 1. The number of aryl methyl sites for hydroxylation is 1. The lowest BCUT2D eigenvalue weighted by Gasteiger charge is -2.24. The normalized spacial score (nSPS) is 13.3. The predicted octanol–water partition coefficient (Wildman–Crippen LogP) is 3.76. The first-order chi connectivity index (χ1) is 11.2. The fourth-order valence-electron chi connectivity index (χ4n) is 2.68. The molecule has 0 aliphatic carbocycles. The first kappa shape index (κ1) is 17.2. The van der Waals surface area contributed by atoms with E-state index in [1.807, 2.05) is 67.7 Å². The van der Waals surface area contributed by atoms with Crippen LogP contribution in [0.3, 0.4) is 0 Å². The molecule has 23 heavy (non-hydrogen) atoms. The summed E-state index contributed by atoms with van der Waals surface area (Å²) >= 11 is 0. The van der Waals surface area contributed by atoms with E-state index in [0.29, 0.717) is 12.8 Å². The van der Waals surface area contributed by atoms with Crippen molar-refractivity contribution in [2.45, 2.75) is 25.9 Å². The Morgan fingerprint density at radius 2 is 1.65 bits per heavy atom. The molecule has 0 heterocycles. The topological polar surface area (TPSA) is 38.3 Å². The molecule has 0 aliphatic rings. The van der Waals surface area contributed by atoms with Crippen LogP contribution in [0.4, 0.5) is 0 Å². The van der Waals surface area contributed by atoms with Crippen LogP contribution < -0.4 is 5.32 Å². The van der Waals surface area contributed by atoms with E-state index in [1.165, 1.54) is 0 Å². The second kappa shape index (κ2) is 9.11. The first-order valence-corrected chi connectivity index (χ1v) is 8.13. The van der Waals surface area contributed by atoms with Crippen molar-refractivity contribution in [2.75, 3.05) is 13.6 Å². The molecule has 2 aromatic rings. The highest BCUT2D eigenvalue weighted by Gasteiger charge is 2.22. The van der Waals surface area contributed by atoms with Gasteiger partial charge in [0.25, 0.3) is 0 Å². The van der Waals surface area contributed by atoms with Gasteiger partial charge in [-0.05, 0) is 24.6 Å². The molecule has 0 aromatic heterocycles. The van der Waals surface area contributed by atoms with Gasteiger partial charge in [-0.3, -0.25) is 4.79 Å². The van der Waals surface area contributed by atoms with E-state index in [2.05, 4.69) is 12.2 Å². The Hall–Kier alpha value is -2.13. The third kappa shape index (κ3) is 5.53. The van der Waals surface area contributed by atoms with Crippen molar-refractivity contribution < 1.29 is 9.53 Å². The molecule has 2 rings (SSSR count). The lowest BCUT2D eigenvalue weighted by atomic mass is 9.97. The number of carbonyl (C=O) groups is 1. The maximum absolute atomic E-state index is 12.3. The summed E-state index contributed by atoms with van der Waals surface area (Å²) in [6.07, 6.45) is 0.897. The summed E-state index contributed by atoms with van der Waals surface area (Å²) in [6, 6.07) is 20.0. The van der Waals surface area contributed by atoms with Crippen molar-refractivity contribution in [1.82, 2.24) is 5.32 Å². The van der Waals surface area contributed by atoms with Crippen LogP contribution in [0.1, 0.15) is 30.6 Å². The average molecular weight is 311 g/mol. The largest absolute Gasteiger partial charge is 0.457 e. The van der Waals surface area contributed by atoms with Gasteiger partial charge in [0.2, 0.25) is 0 Å². The second-order valence-corrected chi connectivity index (χ2v) is 5.84. The Morgan fingerprint density at radius 3 is 2.26 bits per heavy atom. The molecule has 0 saturated heterocycles. The van der Waals surface area contributed by atoms with Crippen LogP contribution in [0.5, 0.6) is 0 Å². The third-order valence-electron chi connectivity index (χ3n) is 3.89. The maximum atomic E-state index is 12.3. The molecule has 3 heteroatoms. The molecule has 0 saturated carbocycles. The lowest BCUT2D eigenvalue weighted by Crippen LogP contribution is -2.26. The summed E-state index contributed by atoms with van der Waals surface area (Å²) in [5.41, 5.74) is 2.20. The van der Waals surface area contributed by atoms with E-state index in [9.17, 15) is 4.79 Å². The van der Waals surface area contributed by atoms with Crippen LogP contribution >= 0.6 is 0 Å². The van der Waals surface area contributed by atoms with E-state index in [0.717, 1.165) is 17.7 Å². The van der Waals surface area contributed by atoms with Gasteiger partial charge in [-0.15, -0.1) is 0 Å². The Kier molecular flexibility index (Phi) is 6.82. The highest BCUT2D eigenvalue weighted by atomic mass is 16.5. The maximum Gasteiger partial charge on any atom is 0.306 e. The molecule has 0 amide bonds. The molecule has 3 nitrogen and oxygen atoms in total. The SMILES string of the molecule is CNCC(C)[C@@H](OC(=O)CCc1ccccc1)c1ccccc1. The Balaban J connectivity index is 1.98. The van der Waals surface area contributed by atoms with Crippen LogP contribution in [-0.2, 0) is 16.0 Å². The predicted molar refractivity (Wildman–Crippen MR) is 93.1 cm³/mol. The summed E-state index contributed by atoms with van der Waals surface area (Å²) < 4.78 is 5.79. The number of rotatable bonds is 8. The summed E-state index contributed by atoms with van der Waals surface area (Å²) in [7, 11) is 1.91. The van der Waals surface area contributed by atoms with Gasteiger partial charge < -0.3 is 10.1 Å². The van der Waals surface area contributed by atoms with Gasteiger partial charge in [-0.1, -0.05) is 67.6 Å². The number of ether oxygens (including phenoxy) is 1. The van der Waals surface area contributed by atoms with E-state index in [4.69, 9.17) is 4.74 Å². The summed E-state index contributed by atoms with van der Waals surface area (Å²) in [6.45, 7) is 2.89. The molecular formula is C20H25NO2. The molecule has 0 bridgehead atoms. The third-order valence-corrected chi connectivity index (χ3v) is 3.89. The highest BCUT2D eigenvalue weighted by Crippen LogP contribution is 2.26. The van der Waals surface area contributed by atoms with Gasteiger partial charge in [0.1, 0.15) is 6.10 Å². The van der Waals surface area contributed by atoms with Gasteiger partial charge in [0.15, 0.2) is 0 Å². The van der Waals surface area contributed by atoms with Crippen molar-refractivity contribution in [3.05, 3.63) is 71.8 Å². The van der Waals surface area contributed by atoms with Gasteiger partial charge >= 0.3 is 5.97 Å². The van der Waals surface area contributed by atoms with E-state index < -0.39 is 0 Å². The highest BCUT2D eigenvalue weighted by molar-refractivity contribution is 5.70. The molecule has 0 radical (unpaired) electrons. The Morgan fingerprint density at radius 1 is 1.04 bits per heavy atom. The molecule has 1 unspecified atom stereocenters. The minimum atomic E-state index is -0.216. The van der Waals surface area contributed by atoms with Crippen LogP contribution in [0.15, 0.2) is 60.7 Å². The van der Waals surface area contributed by atoms with Gasteiger partial charge in [-0.25, -0.2) is 0 Å². The number of nitrogens with one attached hydrogen (secondary N) is 1. The fraction of sp³-hybridized carbons (Fsp3) is 0.350. The monoisotopic (exact) mass is 311 g/mol. The molecule has 0 fully saturated rings. The zero-order chi connectivity index (χ0) is 16.5. The second-order valence-electron chi connectivity index (χ2n) is 5.84. The molecule has 0 spiro atoms. The smallest absolute Gasteiger partial charge is 0.306 e. The zero-order valence-corrected chi connectivity index (χ0v) is 13.9. The molecule has 2 atom stereocenters. The molecular weight excluding hydrogens is 286 g/mol. The number of hydrogen-bond donors (Lipinski definition) is 1. The van der Waals surface area contributed by atoms with Crippen molar-refractivity contribution >= 4 is 5.97 Å². The van der Waals surface area contributed by atoms with Crippen LogP contribution in [0, 0.1) is 5.92 Å². The van der Waals surface area contributed by atoms with E-state index >= 15 is 0 Å². The minimum Gasteiger partial charge on any atom is -0.457 e. The number of carbonyl (C=O) groups excluding carboxylic acids is 1. The first-order valence-electron chi connectivity index (χ1n) is 8.13. The quantitative estimate of drug-likeness (QED) is 0.754. The molecule has 1 N–H and O–H groups in total. The van der Waals surface area contributed by atoms with Crippen molar-refractivity contribution in [3.63, 3.8) is 0 Å². The number of hydrogen-bond acceptors (Lipinski definition) is 3. The Bertz CT molecular complexity index is 583. The van der Waals surface area contributed by atoms with Crippen molar-refractivity contribution in [1.29, 1.82) is 0 Å². The fourth-order valence-corrected chi connectivity index (χ4v) is 2.68. The van der Waals surface area contributed by atoms with Crippen LogP contribution in [-0.4, -0.2) is 19.6 Å². The zero-order valence-electron chi connectivity index (χ0n) is 13.9. The van der Waals surface area contributed by atoms with Gasteiger partial charge in [-0.2, -0.15) is 0 Å². The lowest BCUT2D eigenvalue weighted by molar-refractivity contribution is -0.152. The van der Waals surface area contributed by atoms with Crippen molar-refractivity contribution in [3.8, 4) is 0 Å². The average Bonchev–Trinajstić information content (AvgIpc) is 2.59.